The van der Waals surface area contributed by atoms with Crippen molar-refractivity contribution in [1.82, 2.24) is 0 Å². The minimum absolute atomic E-state index is 0.167. The second-order valence-electron chi connectivity index (χ2n) is 5.50. The maximum Gasteiger partial charge on any atom is 0.303 e. The molecule has 3 nitrogen and oxygen atoms in total. The Morgan fingerprint density at radius 1 is 1.43 bits per heavy atom. The summed E-state index contributed by atoms with van der Waals surface area (Å²) < 4.78 is 0. The third kappa shape index (κ3) is 3.10. The van der Waals surface area contributed by atoms with Crippen LogP contribution in [0.5, 0.6) is 0 Å². The molecule has 84 valence electrons. The molecule has 0 aliphatic carbocycles. The van der Waals surface area contributed by atoms with Crippen LogP contribution in [0.4, 0.5) is 0 Å². The zero-order valence-corrected chi connectivity index (χ0v) is 10.9. The summed E-state index contributed by atoms with van der Waals surface area (Å²) in [5, 5.41) is 9.01. The van der Waals surface area contributed by atoms with Crippen LogP contribution in [-0.2, 0) is 4.79 Å². The Labute approximate surface area is 87.7 Å². The number of carbonyl (C=O) groups is 1. The van der Waals surface area contributed by atoms with E-state index in [4.69, 9.17) is 10.8 Å². The lowest BCUT2D eigenvalue weighted by Crippen LogP contribution is -2.45. The van der Waals surface area contributed by atoms with Crippen molar-refractivity contribution in [2.45, 2.75) is 50.9 Å². The number of carboxylic acid groups (broad SMARTS) is 1. The van der Waals surface area contributed by atoms with Crippen LogP contribution in [0, 0.1) is 0 Å². The number of nitrogens with two attached hydrogens (primary N) is 1. The third-order valence-corrected chi connectivity index (χ3v) is 10.0. The second-order valence-corrected chi connectivity index (χ2v) is 11.3. The molecule has 0 rings (SSSR count). The molecule has 0 radical (unpaired) electrons. The fourth-order valence-corrected chi connectivity index (χ4v) is 3.96. The summed E-state index contributed by atoms with van der Waals surface area (Å²) in [6.07, 6.45) is 0.215. The Balaban J connectivity index is 4.74. The summed E-state index contributed by atoms with van der Waals surface area (Å²) in [7, 11) is -1.60. The van der Waals surface area contributed by atoms with Crippen molar-refractivity contribution in [3.63, 3.8) is 0 Å². The van der Waals surface area contributed by atoms with Gasteiger partial charge >= 0.3 is 5.97 Å². The monoisotopic (exact) mass is 217 g/mol. The smallest absolute Gasteiger partial charge is 0.303 e. The predicted octanol–water partition coefficient (Wildman–Crippen LogP) is 2.30. The second kappa shape index (κ2) is 4.44. The minimum Gasteiger partial charge on any atom is -0.481 e. The van der Waals surface area contributed by atoms with Gasteiger partial charge in [-0.05, 0) is 17.1 Å². The topological polar surface area (TPSA) is 63.3 Å². The van der Waals surface area contributed by atoms with Gasteiger partial charge in [-0.15, -0.1) is 0 Å². The Morgan fingerprint density at radius 3 is 2.07 bits per heavy atom. The lowest BCUT2D eigenvalue weighted by atomic mass is 10.2. The molecule has 0 spiro atoms. The first-order valence-corrected chi connectivity index (χ1v) is 8.12. The lowest BCUT2D eigenvalue weighted by Gasteiger charge is -2.42. The van der Waals surface area contributed by atoms with E-state index in [1.54, 1.807) is 0 Å². The maximum atomic E-state index is 10.7. The Kier molecular flexibility index (Phi) is 4.33. The van der Waals surface area contributed by atoms with Crippen molar-refractivity contribution in [1.29, 1.82) is 0 Å². The van der Waals surface area contributed by atoms with Gasteiger partial charge in [-0.25, -0.2) is 0 Å². The highest BCUT2D eigenvalue weighted by Gasteiger charge is 2.41. The predicted molar refractivity (Wildman–Crippen MR) is 62.3 cm³/mol. The van der Waals surface area contributed by atoms with Crippen LogP contribution in [0.1, 0.15) is 27.2 Å². The molecule has 14 heavy (non-hydrogen) atoms. The molecule has 0 fully saturated rings. The first-order valence-electron chi connectivity index (χ1n) is 5.04. The van der Waals surface area contributed by atoms with E-state index in [9.17, 15) is 4.79 Å². The average Bonchev–Trinajstić information content (AvgIpc) is 1.97. The number of aliphatic carboxylic acids is 1. The molecule has 4 heteroatoms. The molecule has 0 bridgehead atoms. The molecule has 0 aliphatic heterocycles. The molecule has 1 atom stereocenters. The molecule has 0 aromatic heterocycles. The van der Waals surface area contributed by atoms with Crippen molar-refractivity contribution in [3.05, 3.63) is 0 Å². The average molecular weight is 217 g/mol. The maximum absolute atomic E-state index is 10.7. The molecule has 0 aliphatic rings. The summed E-state index contributed by atoms with van der Waals surface area (Å²) in [4.78, 5) is 10.7. The zero-order chi connectivity index (χ0) is 11.6. The van der Waals surface area contributed by atoms with Gasteiger partial charge in [0.25, 0.3) is 0 Å². The number of hydrogen-bond acceptors (Lipinski definition) is 2. The summed E-state index contributed by atoms with van der Waals surface area (Å²) in [5.74, 6) is -0.731. The van der Waals surface area contributed by atoms with Crippen LogP contribution >= 0.6 is 0 Å². The van der Waals surface area contributed by atoms with Gasteiger partial charge in [-0.1, -0.05) is 33.9 Å². The van der Waals surface area contributed by atoms with Crippen LogP contribution in [0.3, 0.4) is 0 Å². The fourth-order valence-electron chi connectivity index (χ4n) is 1.46. The van der Waals surface area contributed by atoms with Crippen molar-refractivity contribution >= 4 is 14.0 Å². The summed E-state index contributed by atoms with van der Waals surface area (Å²) in [5.41, 5.74) is 5.84. The molecule has 0 aromatic rings. The number of carboxylic acids is 1. The van der Waals surface area contributed by atoms with Crippen LogP contribution in [0.2, 0.25) is 23.7 Å². The standard InChI is InChI=1S/C10H23NO2Si/c1-10(2,3)14(4,5)8(7-11)6-9(12)13/h8H,6-7,11H2,1-5H3,(H,12,13). The molecule has 0 heterocycles. The van der Waals surface area contributed by atoms with Gasteiger partial charge in [0.2, 0.25) is 0 Å². The Morgan fingerprint density at radius 2 is 1.86 bits per heavy atom. The van der Waals surface area contributed by atoms with E-state index in [-0.39, 0.29) is 17.0 Å². The van der Waals surface area contributed by atoms with Gasteiger partial charge in [-0.3, -0.25) is 4.79 Å². The molecule has 3 N–H and O–H groups in total. The highest BCUT2D eigenvalue weighted by molar-refractivity contribution is 6.81. The summed E-state index contributed by atoms with van der Waals surface area (Å²) in [6.45, 7) is 11.5. The molecular weight excluding hydrogens is 194 g/mol. The highest BCUT2D eigenvalue weighted by Crippen LogP contribution is 2.44. The zero-order valence-electron chi connectivity index (χ0n) is 9.92. The van der Waals surface area contributed by atoms with Gasteiger partial charge in [0.1, 0.15) is 0 Å². The quantitative estimate of drug-likeness (QED) is 0.710. The van der Waals surface area contributed by atoms with E-state index in [1.165, 1.54) is 0 Å². The highest BCUT2D eigenvalue weighted by atomic mass is 28.3. The largest absolute Gasteiger partial charge is 0.481 e. The van der Waals surface area contributed by atoms with Crippen LogP contribution in [0.25, 0.3) is 0 Å². The first-order chi connectivity index (χ1) is 6.13. The van der Waals surface area contributed by atoms with Crippen LogP contribution < -0.4 is 5.73 Å². The molecule has 0 saturated heterocycles. The van der Waals surface area contributed by atoms with Gasteiger partial charge in [0, 0.05) is 6.42 Å². The van der Waals surface area contributed by atoms with Crippen molar-refractivity contribution in [2.24, 2.45) is 5.73 Å². The number of hydrogen-bond donors (Lipinski definition) is 2. The third-order valence-electron chi connectivity index (χ3n) is 3.66. The molecule has 1 unspecified atom stereocenters. The Bertz CT molecular complexity index is 209. The van der Waals surface area contributed by atoms with Gasteiger partial charge in [0.15, 0.2) is 0 Å². The number of rotatable bonds is 4. The Hall–Kier alpha value is -0.353. The SMILES string of the molecule is CC(C)(C)[Si](C)(C)C(CN)CC(=O)O. The van der Waals surface area contributed by atoms with E-state index < -0.39 is 14.0 Å². The van der Waals surface area contributed by atoms with E-state index in [0.717, 1.165) is 0 Å². The van der Waals surface area contributed by atoms with Gasteiger partial charge < -0.3 is 10.8 Å². The van der Waals surface area contributed by atoms with E-state index in [1.807, 2.05) is 0 Å². The molecular formula is C10H23NO2Si. The van der Waals surface area contributed by atoms with E-state index in [0.29, 0.717) is 6.54 Å². The van der Waals surface area contributed by atoms with E-state index in [2.05, 4.69) is 33.9 Å². The van der Waals surface area contributed by atoms with Crippen molar-refractivity contribution < 1.29 is 9.90 Å². The summed E-state index contributed by atoms with van der Waals surface area (Å²) in [6, 6.07) is 0. The van der Waals surface area contributed by atoms with Gasteiger partial charge in [0.05, 0.1) is 8.07 Å². The lowest BCUT2D eigenvalue weighted by molar-refractivity contribution is -0.137. The van der Waals surface area contributed by atoms with E-state index >= 15 is 0 Å². The molecule has 0 aromatic carbocycles. The summed E-state index contributed by atoms with van der Waals surface area (Å²) >= 11 is 0. The van der Waals surface area contributed by atoms with Crippen LogP contribution in [0.15, 0.2) is 0 Å². The fraction of sp³-hybridized carbons (Fsp3) is 0.900. The minimum atomic E-state index is -1.60. The first kappa shape index (κ1) is 13.6. The molecule has 0 saturated carbocycles. The van der Waals surface area contributed by atoms with Crippen LogP contribution in [-0.4, -0.2) is 25.7 Å². The van der Waals surface area contributed by atoms with Gasteiger partial charge in [-0.2, -0.15) is 0 Å². The normalized spacial score (nSPS) is 15.3. The molecule has 0 amide bonds. The van der Waals surface area contributed by atoms with Crippen molar-refractivity contribution in [2.75, 3.05) is 6.54 Å². The van der Waals surface area contributed by atoms with Crippen molar-refractivity contribution in [3.8, 4) is 0 Å².